The first-order valence-electron chi connectivity index (χ1n) is 16.1. The highest BCUT2D eigenvalue weighted by Crippen LogP contribution is 2.29. The molecule has 0 heterocycles. The SMILES string of the molecule is CCC(C)(CC(O)COC(C)(C)C)OC(COC(C)(C)C)CC(C)(C)OCCN(Cc1ccccc1)Cc1ccccc1. The Morgan fingerprint density at radius 3 is 1.63 bits per heavy atom. The summed E-state index contributed by atoms with van der Waals surface area (Å²) in [7, 11) is 0. The van der Waals surface area contributed by atoms with Gasteiger partial charge in [0.2, 0.25) is 0 Å². The van der Waals surface area contributed by atoms with Gasteiger partial charge in [0.05, 0.1) is 54.4 Å². The van der Waals surface area contributed by atoms with Crippen LogP contribution in [-0.4, -0.2) is 71.0 Å². The lowest BCUT2D eigenvalue weighted by Crippen LogP contribution is -2.44. The van der Waals surface area contributed by atoms with Crippen LogP contribution in [-0.2, 0) is 32.0 Å². The first-order valence-corrected chi connectivity index (χ1v) is 16.1. The summed E-state index contributed by atoms with van der Waals surface area (Å²) in [6, 6.07) is 21.2. The monoisotopic (exact) mass is 599 g/mol. The van der Waals surface area contributed by atoms with Gasteiger partial charge in [-0.2, -0.15) is 0 Å². The fourth-order valence-electron chi connectivity index (χ4n) is 5.01. The van der Waals surface area contributed by atoms with Gasteiger partial charge in [0.25, 0.3) is 0 Å². The van der Waals surface area contributed by atoms with Gasteiger partial charge in [-0.15, -0.1) is 0 Å². The Morgan fingerprint density at radius 2 is 1.16 bits per heavy atom. The van der Waals surface area contributed by atoms with Crippen LogP contribution in [0.4, 0.5) is 0 Å². The summed E-state index contributed by atoms with van der Waals surface area (Å²) in [5, 5.41) is 10.8. The second-order valence-electron chi connectivity index (χ2n) is 14.7. The van der Waals surface area contributed by atoms with Gasteiger partial charge in [-0.1, -0.05) is 67.6 Å². The highest BCUT2D eigenvalue weighted by molar-refractivity contribution is 5.17. The van der Waals surface area contributed by atoms with E-state index in [1.54, 1.807) is 0 Å². The number of aliphatic hydroxyl groups excluding tert-OH is 1. The molecule has 6 nitrogen and oxygen atoms in total. The van der Waals surface area contributed by atoms with Gasteiger partial charge in [0.15, 0.2) is 0 Å². The van der Waals surface area contributed by atoms with E-state index in [0.717, 1.165) is 26.1 Å². The van der Waals surface area contributed by atoms with E-state index in [2.05, 4.69) is 114 Å². The Bertz CT molecular complexity index is 973. The largest absolute Gasteiger partial charge is 0.391 e. The van der Waals surface area contributed by atoms with E-state index in [1.807, 2.05) is 20.8 Å². The Morgan fingerprint density at radius 1 is 0.674 bits per heavy atom. The third kappa shape index (κ3) is 16.7. The molecule has 3 unspecified atom stereocenters. The molecular formula is C37H61NO5. The molecule has 1 N–H and O–H groups in total. The molecule has 0 saturated heterocycles. The second-order valence-corrected chi connectivity index (χ2v) is 14.7. The minimum Gasteiger partial charge on any atom is -0.391 e. The summed E-state index contributed by atoms with van der Waals surface area (Å²) in [4.78, 5) is 2.44. The normalized spacial score (nSPS) is 15.8. The Balaban J connectivity index is 2.06. The Labute approximate surface area is 263 Å². The number of aliphatic hydroxyl groups is 1. The van der Waals surface area contributed by atoms with Crippen molar-refractivity contribution in [1.29, 1.82) is 0 Å². The highest BCUT2D eigenvalue weighted by Gasteiger charge is 2.34. The summed E-state index contributed by atoms with van der Waals surface area (Å²) in [5.74, 6) is 0. The molecule has 3 atom stereocenters. The zero-order chi connectivity index (χ0) is 32.2. The lowest BCUT2D eigenvalue weighted by atomic mass is 9.93. The number of hydrogen-bond donors (Lipinski definition) is 1. The summed E-state index contributed by atoms with van der Waals surface area (Å²) in [5.41, 5.74) is 1.04. The van der Waals surface area contributed by atoms with E-state index in [1.165, 1.54) is 11.1 Å². The Hall–Kier alpha value is -1.80. The molecule has 0 aliphatic rings. The number of ether oxygens (including phenoxy) is 4. The predicted molar refractivity (Wildman–Crippen MR) is 177 cm³/mol. The molecule has 2 rings (SSSR count). The van der Waals surface area contributed by atoms with Crippen LogP contribution in [0.2, 0.25) is 0 Å². The average molecular weight is 600 g/mol. The standard InChI is InChI=1S/C37H61NO5/c1-11-37(10,24-32(39)28-41-34(2,3)4)43-33(29-42-35(5,6)7)25-36(8,9)40-23-22-38(26-30-18-14-12-15-19-30)27-31-20-16-13-17-21-31/h12-21,32-33,39H,11,22-29H2,1-10H3. The lowest BCUT2D eigenvalue weighted by Gasteiger charge is -2.39. The van der Waals surface area contributed by atoms with Crippen molar-refractivity contribution < 1.29 is 24.1 Å². The van der Waals surface area contributed by atoms with Gasteiger partial charge < -0.3 is 24.1 Å². The number of rotatable bonds is 19. The number of hydrogen-bond acceptors (Lipinski definition) is 6. The van der Waals surface area contributed by atoms with Gasteiger partial charge in [-0.05, 0) is 79.9 Å². The molecule has 0 saturated carbocycles. The molecule has 43 heavy (non-hydrogen) atoms. The average Bonchev–Trinajstić information content (AvgIpc) is 2.90. The van der Waals surface area contributed by atoms with Crippen molar-refractivity contribution in [3.05, 3.63) is 71.8 Å². The van der Waals surface area contributed by atoms with Crippen LogP contribution in [0.25, 0.3) is 0 Å². The van der Waals surface area contributed by atoms with Crippen molar-refractivity contribution in [2.24, 2.45) is 0 Å². The summed E-state index contributed by atoms with van der Waals surface area (Å²) >= 11 is 0. The van der Waals surface area contributed by atoms with Crippen molar-refractivity contribution in [3.8, 4) is 0 Å². The van der Waals surface area contributed by atoms with Crippen molar-refractivity contribution in [3.63, 3.8) is 0 Å². The van der Waals surface area contributed by atoms with Crippen LogP contribution in [0, 0.1) is 0 Å². The first-order chi connectivity index (χ1) is 20.0. The highest BCUT2D eigenvalue weighted by atomic mass is 16.6. The molecule has 6 heteroatoms. The van der Waals surface area contributed by atoms with Gasteiger partial charge >= 0.3 is 0 Å². The lowest BCUT2D eigenvalue weighted by molar-refractivity contribution is -0.171. The van der Waals surface area contributed by atoms with E-state index in [4.69, 9.17) is 18.9 Å². The zero-order valence-electron chi connectivity index (χ0n) is 28.8. The third-order valence-corrected chi connectivity index (χ3v) is 7.40. The van der Waals surface area contributed by atoms with E-state index in [-0.39, 0.29) is 23.9 Å². The molecule has 244 valence electrons. The van der Waals surface area contributed by atoms with Crippen LogP contribution in [0.3, 0.4) is 0 Å². The van der Waals surface area contributed by atoms with Gasteiger partial charge in [-0.25, -0.2) is 0 Å². The molecule has 0 radical (unpaired) electrons. The van der Waals surface area contributed by atoms with Crippen LogP contribution >= 0.6 is 0 Å². The van der Waals surface area contributed by atoms with Gasteiger partial charge in [0, 0.05) is 32.5 Å². The Kier molecular flexibility index (Phi) is 14.8. The maximum absolute atomic E-state index is 10.8. The van der Waals surface area contributed by atoms with Crippen LogP contribution < -0.4 is 0 Å². The molecule has 0 aromatic heterocycles. The molecule has 2 aromatic carbocycles. The van der Waals surface area contributed by atoms with Crippen LogP contribution in [0.1, 0.15) is 99.6 Å². The summed E-state index contributed by atoms with van der Waals surface area (Å²) in [6.45, 7) is 24.5. The maximum atomic E-state index is 10.8. The second kappa shape index (κ2) is 17.0. The van der Waals surface area contributed by atoms with Crippen molar-refractivity contribution >= 4 is 0 Å². The van der Waals surface area contributed by atoms with Crippen molar-refractivity contribution in [2.75, 3.05) is 26.4 Å². The minimum atomic E-state index is -0.613. The molecule has 0 aliphatic carbocycles. The molecule has 0 amide bonds. The molecule has 0 fully saturated rings. The smallest absolute Gasteiger partial charge is 0.0843 e. The molecule has 0 spiro atoms. The van der Waals surface area contributed by atoms with Crippen molar-refractivity contribution in [2.45, 2.75) is 136 Å². The van der Waals surface area contributed by atoms with E-state index in [0.29, 0.717) is 26.1 Å². The molecule has 0 bridgehead atoms. The minimum absolute atomic E-state index is 0.195. The number of nitrogens with zero attached hydrogens (tertiary/aromatic N) is 1. The first kappa shape index (κ1) is 37.4. The zero-order valence-corrected chi connectivity index (χ0v) is 28.8. The summed E-state index contributed by atoms with van der Waals surface area (Å²) < 4.78 is 25.4. The third-order valence-electron chi connectivity index (χ3n) is 7.40. The van der Waals surface area contributed by atoms with E-state index in [9.17, 15) is 5.11 Å². The molecule has 2 aromatic rings. The van der Waals surface area contributed by atoms with Gasteiger partial charge in [0.1, 0.15) is 0 Å². The number of benzene rings is 2. The maximum Gasteiger partial charge on any atom is 0.0843 e. The van der Waals surface area contributed by atoms with Crippen LogP contribution in [0.15, 0.2) is 60.7 Å². The fraction of sp³-hybridized carbons (Fsp3) is 0.676. The topological polar surface area (TPSA) is 60.4 Å². The predicted octanol–water partition coefficient (Wildman–Crippen LogP) is 7.81. The van der Waals surface area contributed by atoms with Crippen LogP contribution in [0.5, 0.6) is 0 Å². The van der Waals surface area contributed by atoms with E-state index < -0.39 is 17.3 Å². The molecule has 0 aliphatic heterocycles. The summed E-state index contributed by atoms with van der Waals surface area (Å²) in [6.07, 6.45) is 1.11. The van der Waals surface area contributed by atoms with Crippen molar-refractivity contribution in [1.82, 2.24) is 4.90 Å². The fourth-order valence-corrected chi connectivity index (χ4v) is 5.01. The van der Waals surface area contributed by atoms with Gasteiger partial charge in [-0.3, -0.25) is 4.90 Å². The quantitative estimate of drug-likeness (QED) is 0.178. The molecular weight excluding hydrogens is 538 g/mol. The van der Waals surface area contributed by atoms with E-state index >= 15 is 0 Å².